The topological polar surface area (TPSA) is 64.8 Å². The number of ether oxygens (including phenoxy) is 2. The first-order chi connectivity index (χ1) is 8.69. The maximum absolute atomic E-state index is 11.6. The first-order valence-electron chi connectivity index (χ1n) is 5.98. The van der Waals surface area contributed by atoms with Crippen LogP contribution in [0.25, 0.3) is 0 Å². The van der Waals surface area contributed by atoms with E-state index >= 15 is 0 Å². The Hall–Kier alpha value is -1.43. The van der Waals surface area contributed by atoms with E-state index < -0.39 is 5.97 Å². The summed E-state index contributed by atoms with van der Waals surface area (Å²) in [6.45, 7) is 1.97. The van der Waals surface area contributed by atoms with Gasteiger partial charge in [0.25, 0.3) is 0 Å². The Balaban J connectivity index is 2.36. The number of nitrogens with zero attached hydrogens (tertiary/aromatic N) is 1. The largest absolute Gasteiger partial charge is 0.492 e. The Labute approximate surface area is 110 Å². The van der Waals surface area contributed by atoms with Crippen LogP contribution in [0.5, 0.6) is 5.75 Å². The monoisotopic (exact) mass is 270 g/mol. The lowest BCUT2D eigenvalue weighted by Gasteiger charge is -2.27. The molecule has 0 aromatic carbocycles. The summed E-state index contributed by atoms with van der Waals surface area (Å²) in [5.74, 6) is 0.196. The molecule has 1 aliphatic rings. The summed E-state index contributed by atoms with van der Waals surface area (Å²) in [5, 5.41) is 0.940. The molecular formula is C12H18N2O3S. The third-order valence-corrected chi connectivity index (χ3v) is 4.33. The van der Waals surface area contributed by atoms with Crippen molar-refractivity contribution in [3.05, 3.63) is 4.88 Å². The molecule has 1 fully saturated rings. The second-order valence-corrected chi connectivity index (χ2v) is 5.22. The van der Waals surface area contributed by atoms with Crippen molar-refractivity contribution in [1.82, 2.24) is 0 Å². The quantitative estimate of drug-likeness (QED) is 0.852. The van der Waals surface area contributed by atoms with E-state index in [1.807, 2.05) is 0 Å². The number of hydrogen-bond donors (Lipinski definition) is 1. The Kier molecular flexibility index (Phi) is 3.96. The predicted molar refractivity (Wildman–Crippen MR) is 72.7 cm³/mol. The number of carbonyl (C=O) groups is 1. The second kappa shape index (κ2) is 5.48. The molecule has 0 atom stereocenters. The highest BCUT2D eigenvalue weighted by Gasteiger charge is 2.26. The lowest BCUT2D eigenvalue weighted by atomic mass is 10.1. The molecule has 1 saturated heterocycles. The predicted octanol–water partition coefficient (Wildman–Crippen LogP) is 2.12. The first kappa shape index (κ1) is 13.0. The summed E-state index contributed by atoms with van der Waals surface area (Å²) in [6, 6.07) is 0. The normalized spacial score (nSPS) is 15.6. The van der Waals surface area contributed by atoms with Gasteiger partial charge >= 0.3 is 5.97 Å². The summed E-state index contributed by atoms with van der Waals surface area (Å²) >= 11 is 1.35. The molecule has 2 heterocycles. The van der Waals surface area contributed by atoms with Gasteiger partial charge in [-0.25, -0.2) is 4.79 Å². The van der Waals surface area contributed by atoms with Crippen LogP contribution in [0.15, 0.2) is 0 Å². The molecule has 100 valence electrons. The zero-order valence-electron chi connectivity index (χ0n) is 10.7. The Morgan fingerprint density at radius 1 is 1.28 bits per heavy atom. The van der Waals surface area contributed by atoms with E-state index in [9.17, 15) is 4.79 Å². The van der Waals surface area contributed by atoms with Crippen molar-refractivity contribution in [3.8, 4) is 5.75 Å². The van der Waals surface area contributed by atoms with E-state index in [0.717, 1.165) is 30.9 Å². The molecule has 0 radical (unpaired) electrons. The number of carbonyl (C=O) groups excluding carboxylic acids is 1. The van der Waals surface area contributed by atoms with E-state index in [2.05, 4.69) is 4.90 Å². The van der Waals surface area contributed by atoms with Gasteiger partial charge in [-0.1, -0.05) is 0 Å². The van der Waals surface area contributed by atoms with Crippen molar-refractivity contribution in [1.29, 1.82) is 0 Å². The molecule has 2 rings (SSSR count). The van der Waals surface area contributed by atoms with Crippen molar-refractivity contribution in [2.45, 2.75) is 19.3 Å². The van der Waals surface area contributed by atoms with Gasteiger partial charge in [-0.2, -0.15) is 0 Å². The fourth-order valence-electron chi connectivity index (χ4n) is 2.16. The number of piperidine rings is 1. The summed E-state index contributed by atoms with van der Waals surface area (Å²) in [6.07, 6.45) is 3.58. The third-order valence-electron chi connectivity index (χ3n) is 3.10. The van der Waals surface area contributed by atoms with Gasteiger partial charge in [-0.15, -0.1) is 11.3 Å². The molecule has 2 N–H and O–H groups in total. The molecule has 18 heavy (non-hydrogen) atoms. The number of hydrogen-bond acceptors (Lipinski definition) is 6. The van der Waals surface area contributed by atoms with Crippen LogP contribution in [-0.4, -0.2) is 33.3 Å². The average Bonchev–Trinajstić information content (AvgIpc) is 2.76. The Morgan fingerprint density at radius 3 is 2.50 bits per heavy atom. The average molecular weight is 270 g/mol. The highest BCUT2D eigenvalue weighted by atomic mass is 32.1. The summed E-state index contributed by atoms with van der Waals surface area (Å²) in [4.78, 5) is 14.3. The summed E-state index contributed by atoms with van der Waals surface area (Å²) in [7, 11) is 2.93. The standard InChI is InChI=1S/C12H18N2O3S/c1-16-9-8(13)10(12(15)17-2)18-11(9)14-6-4-3-5-7-14/h3-7,13H2,1-2H3. The smallest absolute Gasteiger partial charge is 0.350 e. The molecule has 1 aromatic heterocycles. The molecule has 6 heteroatoms. The van der Waals surface area contributed by atoms with Gasteiger partial charge in [0, 0.05) is 13.1 Å². The minimum absolute atomic E-state index is 0.384. The fourth-order valence-corrected chi connectivity index (χ4v) is 3.32. The van der Waals surface area contributed by atoms with Crippen LogP contribution in [-0.2, 0) is 4.74 Å². The van der Waals surface area contributed by atoms with Crippen molar-refractivity contribution in [3.63, 3.8) is 0 Å². The zero-order chi connectivity index (χ0) is 13.1. The van der Waals surface area contributed by atoms with Gasteiger partial charge in [-0.05, 0) is 19.3 Å². The van der Waals surface area contributed by atoms with E-state index in [0.29, 0.717) is 16.3 Å². The summed E-state index contributed by atoms with van der Waals surface area (Å²) in [5.41, 5.74) is 6.34. The van der Waals surface area contributed by atoms with Crippen LogP contribution in [0.3, 0.4) is 0 Å². The van der Waals surface area contributed by atoms with Crippen LogP contribution < -0.4 is 15.4 Å². The van der Waals surface area contributed by atoms with E-state index in [-0.39, 0.29) is 0 Å². The number of methoxy groups -OCH3 is 2. The van der Waals surface area contributed by atoms with Gasteiger partial charge in [-0.3, -0.25) is 0 Å². The Bertz CT molecular complexity index is 439. The number of nitrogens with two attached hydrogens (primary N) is 1. The molecule has 5 nitrogen and oxygen atoms in total. The van der Waals surface area contributed by atoms with E-state index in [1.54, 1.807) is 7.11 Å². The minimum atomic E-state index is -0.404. The molecule has 1 aromatic rings. The van der Waals surface area contributed by atoms with Crippen molar-refractivity contribution < 1.29 is 14.3 Å². The highest BCUT2D eigenvalue weighted by Crippen LogP contribution is 2.45. The van der Waals surface area contributed by atoms with Crippen LogP contribution in [0.4, 0.5) is 10.7 Å². The van der Waals surface area contributed by atoms with Crippen LogP contribution in [0.1, 0.15) is 28.9 Å². The maximum Gasteiger partial charge on any atom is 0.350 e. The van der Waals surface area contributed by atoms with Crippen molar-refractivity contribution in [2.75, 3.05) is 37.9 Å². The molecule has 0 amide bonds. The van der Waals surface area contributed by atoms with Gasteiger partial charge in [0.1, 0.15) is 15.6 Å². The molecule has 0 unspecified atom stereocenters. The number of anilines is 2. The molecule has 1 aliphatic heterocycles. The van der Waals surface area contributed by atoms with Gasteiger partial charge in [0.2, 0.25) is 0 Å². The van der Waals surface area contributed by atoms with Crippen LogP contribution in [0.2, 0.25) is 0 Å². The minimum Gasteiger partial charge on any atom is -0.492 e. The van der Waals surface area contributed by atoms with Crippen molar-refractivity contribution in [2.24, 2.45) is 0 Å². The maximum atomic E-state index is 11.6. The molecule has 0 aliphatic carbocycles. The number of nitrogen functional groups attached to an aromatic ring is 1. The Morgan fingerprint density at radius 2 is 1.94 bits per heavy atom. The molecule has 0 saturated carbocycles. The lowest BCUT2D eigenvalue weighted by Crippen LogP contribution is -2.28. The lowest BCUT2D eigenvalue weighted by molar-refractivity contribution is 0.0607. The van der Waals surface area contributed by atoms with E-state index in [1.165, 1.54) is 24.9 Å². The zero-order valence-corrected chi connectivity index (χ0v) is 11.5. The van der Waals surface area contributed by atoms with E-state index in [4.69, 9.17) is 15.2 Å². The number of rotatable bonds is 3. The van der Waals surface area contributed by atoms with Gasteiger partial charge < -0.3 is 20.1 Å². The fraction of sp³-hybridized carbons (Fsp3) is 0.583. The SMILES string of the molecule is COC(=O)c1sc(N2CCCCC2)c(OC)c1N. The third kappa shape index (κ3) is 2.25. The molecular weight excluding hydrogens is 252 g/mol. The molecule has 0 bridgehead atoms. The van der Waals surface area contributed by atoms with Gasteiger partial charge in [0.05, 0.1) is 14.2 Å². The van der Waals surface area contributed by atoms with Crippen molar-refractivity contribution >= 4 is 28.0 Å². The van der Waals surface area contributed by atoms with Gasteiger partial charge in [0.15, 0.2) is 5.75 Å². The first-order valence-corrected chi connectivity index (χ1v) is 6.80. The van der Waals surface area contributed by atoms with Crippen LogP contribution in [0, 0.1) is 0 Å². The highest BCUT2D eigenvalue weighted by molar-refractivity contribution is 7.19. The summed E-state index contributed by atoms with van der Waals surface area (Å²) < 4.78 is 10.1. The van der Waals surface area contributed by atoms with Crippen LogP contribution >= 0.6 is 11.3 Å². The molecule has 0 spiro atoms. The second-order valence-electron chi connectivity index (χ2n) is 4.22. The number of esters is 1. The number of thiophene rings is 1.